The minimum absolute atomic E-state index is 0. The van der Waals surface area contributed by atoms with E-state index in [1.165, 1.54) is 51.4 Å². The van der Waals surface area contributed by atoms with Gasteiger partial charge >= 0.3 is 0 Å². The van der Waals surface area contributed by atoms with Crippen LogP contribution in [0.2, 0.25) is 0 Å². The highest BCUT2D eigenvalue weighted by Gasteiger charge is 1.91. The summed E-state index contributed by atoms with van der Waals surface area (Å²) in [6.07, 6.45) is 13.7. The fourth-order valence-corrected chi connectivity index (χ4v) is 1.54. The summed E-state index contributed by atoms with van der Waals surface area (Å²) in [5.41, 5.74) is 0. The predicted molar refractivity (Wildman–Crippen MR) is 62.9 cm³/mol. The molecule has 0 fully saturated rings. The Labute approximate surface area is 89.1 Å². The van der Waals surface area contributed by atoms with E-state index >= 15 is 0 Å². The zero-order valence-electron chi connectivity index (χ0n) is 9.76. The van der Waals surface area contributed by atoms with E-state index in [0.717, 1.165) is 19.1 Å². The Kier molecular flexibility index (Phi) is 17.4. The van der Waals surface area contributed by atoms with E-state index in [-0.39, 0.29) is 6.15 Å². The van der Waals surface area contributed by atoms with E-state index in [2.05, 4.69) is 6.92 Å². The number of carbonyl (C=O) groups is 1. The lowest BCUT2D eigenvalue weighted by molar-refractivity contribution is -0.107. The van der Waals surface area contributed by atoms with Crippen molar-refractivity contribution in [3.05, 3.63) is 0 Å². The van der Waals surface area contributed by atoms with E-state index in [4.69, 9.17) is 0 Å². The van der Waals surface area contributed by atoms with E-state index in [0.29, 0.717) is 0 Å². The Bertz CT molecular complexity index is 104. The third-order valence-corrected chi connectivity index (χ3v) is 2.43. The molecule has 0 aliphatic heterocycles. The van der Waals surface area contributed by atoms with Crippen molar-refractivity contribution in [1.82, 2.24) is 6.15 Å². The van der Waals surface area contributed by atoms with Gasteiger partial charge in [-0.15, -0.1) is 0 Å². The number of unbranched alkanes of at least 4 members (excludes halogenated alkanes) is 9. The third kappa shape index (κ3) is 14.2. The van der Waals surface area contributed by atoms with Crippen LogP contribution < -0.4 is 6.15 Å². The second kappa shape index (κ2) is 15.1. The molecule has 0 amide bonds. The first kappa shape index (κ1) is 16.1. The van der Waals surface area contributed by atoms with Gasteiger partial charge in [0.05, 0.1) is 0 Å². The Morgan fingerprint density at radius 1 is 0.786 bits per heavy atom. The molecule has 0 atom stereocenters. The van der Waals surface area contributed by atoms with Crippen molar-refractivity contribution in [2.45, 2.75) is 71.1 Å². The van der Waals surface area contributed by atoms with Gasteiger partial charge in [0.15, 0.2) is 0 Å². The lowest BCUT2D eigenvalue weighted by atomic mass is 10.1. The van der Waals surface area contributed by atoms with Gasteiger partial charge in [-0.05, 0) is 6.42 Å². The third-order valence-electron chi connectivity index (χ3n) is 2.43. The van der Waals surface area contributed by atoms with Gasteiger partial charge in [0, 0.05) is 6.42 Å². The molecule has 0 heterocycles. The van der Waals surface area contributed by atoms with Crippen molar-refractivity contribution in [2.24, 2.45) is 0 Å². The first-order chi connectivity index (χ1) is 6.41. The lowest BCUT2D eigenvalue weighted by Crippen LogP contribution is -1.81. The molecule has 0 unspecified atom stereocenters. The maximum Gasteiger partial charge on any atom is 0.119 e. The van der Waals surface area contributed by atoms with Crippen LogP contribution in [0.4, 0.5) is 0 Å². The molecule has 0 aromatic rings. The highest BCUT2D eigenvalue weighted by Crippen LogP contribution is 2.09. The molecule has 0 aromatic carbocycles. The maximum atomic E-state index is 10.0. The van der Waals surface area contributed by atoms with Crippen LogP contribution in [0.15, 0.2) is 0 Å². The molecule has 0 aromatic heterocycles. The largest absolute Gasteiger partial charge is 0.344 e. The fraction of sp³-hybridized carbons (Fsp3) is 0.917. The van der Waals surface area contributed by atoms with Crippen molar-refractivity contribution in [3.63, 3.8) is 0 Å². The summed E-state index contributed by atoms with van der Waals surface area (Å²) in [5.74, 6) is 0. The summed E-state index contributed by atoms with van der Waals surface area (Å²) >= 11 is 0. The van der Waals surface area contributed by atoms with Crippen molar-refractivity contribution in [1.29, 1.82) is 0 Å². The van der Waals surface area contributed by atoms with Crippen LogP contribution in [-0.2, 0) is 4.79 Å². The van der Waals surface area contributed by atoms with E-state index in [1.54, 1.807) is 0 Å². The Hall–Kier alpha value is -0.370. The van der Waals surface area contributed by atoms with Crippen LogP contribution in [0.25, 0.3) is 0 Å². The molecule has 0 rings (SSSR count). The number of hydrogen-bond acceptors (Lipinski definition) is 2. The molecule has 0 spiro atoms. The smallest absolute Gasteiger partial charge is 0.119 e. The molecule has 2 heteroatoms. The van der Waals surface area contributed by atoms with Gasteiger partial charge in [-0.2, -0.15) is 0 Å². The van der Waals surface area contributed by atoms with Gasteiger partial charge in [0.2, 0.25) is 0 Å². The van der Waals surface area contributed by atoms with Crippen LogP contribution >= 0.6 is 0 Å². The standard InChI is InChI=1S/C12H24O.H3N/c1-2-3-4-5-6-7-8-9-10-11-12-13;/h12H,2-11H2,1H3;1H3. The zero-order chi connectivity index (χ0) is 9.78. The van der Waals surface area contributed by atoms with Crippen LogP contribution in [0.3, 0.4) is 0 Å². The Morgan fingerprint density at radius 3 is 1.64 bits per heavy atom. The molecule has 0 aliphatic carbocycles. The lowest BCUT2D eigenvalue weighted by Gasteiger charge is -1.99. The number of aldehydes is 1. The van der Waals surface area contributed by atoms with E-state index < -0.39 is 0 Å². The van der Waals surface area contributed by atoms with Crippen molar-refractivity contribution in [3.8, 4) is 0 Å². The van der Waals surface area contributed by atoms with Gasteiger partial charge in [0.1, 0.15) is 6.29 Å². The summed E-state index contributed by atoms with van der Waals surface area (Å²) in [7, 11) is 0. The molecule has 0 aliphatic rings. The average Bonchev–Trinajstić information content (AvgIpc) is 2.16. The van der Waals surface area contributed by atoms with Gasteiger partial charge in [0.25, 0.3) is 0 Å². The minimum atomic E-state index is 0. The molecule has 14 heavy (non-hydrogen) atoms. The maximum absolute atomic E-state index is 10.0. The van der Waals surface area contributed by atoms with Gasteiger partial charge in [-0.1, -0.05) is 58.3 Å². The van der Waals surface area contributed by atoms with Gasteiger partial charge in [-0.3, -0.25) is 0 Å². The highest BCUT2D eigenvalue weighted by atomic mass is 16.1. The predicted octanol–water partition coefficient (Wildman–Crippen LogP) is 4.27. The molecule has 0 bridgehead atoms. The van der Waals surface area contributed by atoms with Crippen molar-refractivity contribution < 1.29 is 4.79 Å². The van der Waals surface area contributed by atoms with Crippen molar-refractivity contribution in [2.75, 3.05) is 0 Å². The summed E-state index contributed by atoms with van der Waals surface area (Å²) < 4.78 is 0. The number of carbonyl (C=O) groups excluding carboxylic acids is 1. The monoisotopic (exact) mass is 201 g/mol. The number of hydrogen-bond donors (Lipinski definition) is 1. The highest BCUT2D eigenvalue weighted by molar-refractivity contribution is 5.48. The van der Waals surface area contributed by atoms with Crippen LogP contribution in [0.5, 0.6) is 0 Å². The topological polar surface area (TPSA) is 52.1 Å². The van der Waals surface area contributed by atoms with Crippen LogP contribution in [0.1, 0.15) is 71.1 Å². The molecule has 86 valence electrons. The Morgan fingerprint density at radius 2 is 1.21 bits per heavy atom. The summed E-state index contributed by atoms with van der Waals surface area (Å²) in [5, 5.41) is 0. The summed E-state index contributed by atoms with van der Waals surface area (Å²) in [6.45, 7) is 2.25. The van der Waals surface area contributed by atoms with Crippen LogP contribution in [-0.4, -0.2) is 6.29 Å². The van der Waals surface area contributed by atoms with Gasteiger partial charge in [-0.25, -0.2) is 0 Å². The SMILES string of the molecule is CCCCCCCCCCCC=O.N. The average molecular weight is 201 g/mol. The Balaban J connectivity index is 0. The number of rotatable bonds is 10. The molecule has 2 nitrogen and oxygen atoms in total. The fourth-order valence-electron chi connectivity index (χ4n) is 1.54. The minimum Gasteiger partial charge on any atom is -0.344 e. The normalized spacial score (nSPS) is 9.50. The van der Waals surface area contributed by atoms with E-state index in [9.17, 15) is 4.79 Å². The summed E-state index contributed by atoms with van der Waals surface area (Å²) in [6, 6.07) is 0. The molecular formula is C12H27NO. The quantitative estimate of drug-likeness (QED) is 0.424. The molecule has 0 radical (unpaired) electrons. The second-order valence-electron chi connectivity index (χ2n) is 3.78. The second-order valence-corrected chi connectivity index (χ2v) is 3.78. The summed E-state index contributed by atoms with van der Waals surface area (Å²) in [4.78, 5) is 10.0. The van der Waals surface area contributed by atoms with Crippen LogP contribution in [0, 0.1) is 0 Å². The molecule has 0 saturated heterocycles. The van der Waals surface area contributed by atoms with E-state index in [1.807, 2.05) is 0 Å². The molecule has 3 N–H and O–H groups in total. The molecule has 0 saturated carbocycles. The van der Waals surface area contributed by atoms with Gasteiger partial charge < -0.3 is 10.9 Å². The zero-order valence-corrected chi connectivity index (χ0v) is 9.76. The first-order valence-corrected chi connectivity index (χ1v) is 5.85. The molecular weight excluding hydrogens is 174 g/mol. The van der Waals surface area contributed by atoms with Crippen molar-refractivity contribution >= 4 is 6.29 Å². The first-order valence-electron chi connectivity index (χ1n) is 5.85.